The molecule has 0 aromatic heterocycles. The summed E-state index contributed by atoms with van der Waals surface area (Å²) in [6.45, 7) is 11.8. The average Bonchev–Trinajstić information content (AvgIpc) is 2.58. The van der Waals surface area contributed by atoms with Crippen molar-refractivity contribution in [2.75, 3.05) is 59.6 Å². The molecular formula is C18H35IN4O2. The highest BCUT2D eigenvalue weighted by Crippen LogP contribution is 2.10. The van der Waals surface area contributed by atoms with Crippen LogP contribution < -0.4 is 10.6 Å². The first-order valence-corrected chi connectivity index (χ1v) is 9.21. The Morgan fingerprint density at radius 2 is 2.20 bits per heavy atom. The van der Waals surface area contributed by atoms with E-state index in [1.54, 1.807) is 0 Å². The summed E-state index contributed by atoms with van der Waals surface area (Å²) in [5, 5.41) is 6.78. The summed E-state index contributed by atoms with van der Waals surface area (Å²) in [4.78, 5) is 6.80. The molecule has 0 saturated carbocycles. The van der Waals surface area contributed by atoms with Gasteiger partial charge in [-0.1, -0.05) is 25.5 Å². The zero-order valence-electron chi connectivity index (χ0n) is 15.9. The molecule has 0 radical (unpaired) electrons. The van der Waals surface area contributed by atoms with E-state index in [2.05, 4.69) is 40.4 Å². The van der Waals surface area contributed by atoms with E-state index in [9.17, 15) is 0 Å². The Kier molecular flexibility index (Phi) is 11.7. The van der Waals surface area contributed by atoms with Gasteiger partial charge in [0.1, 0.15) is 0 Å². The number of nitrogens with zero attached hydrogens (tertiary/aromatic N) is 2. The Morgan fingerprint density at radius 1 is 1.36 bits per heavy atom. The third-order valence-electron chi connectivity index (χ3n) is 4.36. The Balaban J connectivity index is 0.00000312. The lowest BCUT2D eigenvalue weighted by atomic mass is 10.1. The van der Waals surface area contributed by atoms with Gasteiger partial charge in [0.2, 0.25) is 0 Å². The molecule has 2 aliphatic heterocycles. The van der Waals surface area contributed by atoms with Crippen molar-refractivity contribution in [3.05, 3.63) is 11.6 Å². The predicted octanol–water partition coefficient (Wildman–Crippen LogP) is 1.86. The van der Waals surface area contributed by atoms with Gasteiger partial charge in [0.25, 0.3) is 0 Å². The Hall–Kier alpha value is -0.380. The Bertz CT molecular complexity index is 429. The van der Waals surface area contributed by atoms with Crippen LogP contribution in [0.4, 0.5) is 0 Å². The summed E-state index contributed by atoms with van der Waals surface area (Å²) in [7, 11) is 1.82. The van der Waals surface area contributed by atoms with E-state index in [0.717, 1.165) is 71.3 Å². The molecule has 7 heteroatoms. The SMILES string of the molecule is CN=C(NCCC1=CCOCC1)NCC1CN(CC(C)C)CCO1.I. The minimum absolute atomic E-state index is 0. The van der Waals surface area contributed by atoms with Crippen molar-refractivity contribution in [1.82, 2.24) is 15.5 Å². The molecule has 1 fully saturated rings. The van der Waals surface area contributed by atoms with Crippen molar-refractivity contribution in [3.63, 3.8) is 0 Å². The van der Waals surface area contributed by atoms with Crippen LogP contribution in [0.1, 0.15) is 26.7 Å². The lowest BCUT2D eigenvalue weighted by Crippen LogP contribution is -2.50. The summed E-state index contributed by atoms with van der Waals surface area (Å²) >= 11 is 0. The average molecular weight is 466 g/mol. The van der Waals surface area contributed by atoms with Gasteiger partial charge in [0.15, 0.2) is 5.96 Å². The van der Waals surface area contributed by atoms with E-state index in [1.807, 2.05) is 7.05 Å². The zero-order valence-corrected chi connectivity index (χ0v) is 18.3. The van der Waals surface area contributed by atoms with Crippen molar-refractivity contribution in [3.8, 4) is 0 Å². The fourth-order valence-electron chi connectivity index (χ4n) is 3.15. The van der Waals surface area contributed by atoms with E-state index < -0.39 is 0 Å². The molecule has 2 heterocycles. The molecule has 0 amide bonds. The van der Waals surface area contributed by atoms with E-state index in [-0.39, 0.29) is 30.1 Å². The van der Waals surface area contributed by atoms with Gasteiger partial charge in [-0.05, 0) is 18.8 Å². The number of nitrogens with one attached hydrogen (secondary N) is 2. The van der Waals surface area contributed by atoms with Crippen molar-refractivity contribution in [2.24, 2.45) is 10.9 Å². The maximum Gasteiger partial charge on any atom is 0.191 e. The predicted molar refractivity (Wildman–Crippen MR) is 114 cm³/mol. The maximum atomic E-state index is 5.87. The summed E-state index contributed by atoms with van der Waals surface area (Å²) < 4.78 is 11.2. The highest BCUT2D eigenvalue weighted by molar-refractivity contribution is 14.0. The van der Waals surface area contributed by atoms with Crippen LogP contribution in [0, 0.1) is 5.92 Å². The molecule has 2 aliphatic rings. The van der Waals surface area contributed by atoms with Gasteiger partial charge in [0.05, 0.1) is 25.9 Å². The number of rotatable bonds is 7. The normalized spacial score (nSPS) is 22.3. The molecule has 6 nitrogen and oxygen atoms in total. The number of hydrogen-bond acceptors (Lipinski definition) is 4. The molecule has 0 aromatic carbocycles. The molecule has 0 aromatic rings. The van der Waals surface area contributed by atoms with E-state index >= 15 is 0 Å². The highest BCUT2D eigenvalue weighted by Gasteiger charge is 2.21. The zero-order chi connectivity index (χ0) is 17.2. The van der Waals surface area contributed by atoms with Gasteiger partial charge in [-0.25, -0.2) is 0 Å². The molecule has 2 rings (SSSR count). The second kappa shape index (κ2) is 12.9. The monoisotopic (exact) mass is 466 g/mol. The van der Waals surface area contributed by atoms with Crippen molar-refractivity contribution >= 4 is 29.9 Å². The lowest BCUT2D eigenvalue weighted by molar-refractivity contribution is -0.0284. The number of morpholine rings is 1. The first kappa shape index (κ1) is 22.7. The smallest absolute Gasteiger partial charge is 0.191 e. The number of ether oxygens (including phenoxy) is 2. The lowest BCUT2D eigenvalue weighted by Gasteiger charge is -2.34. The van der Waals surface area contributed by atoms with Crippen LogP contribution in [-0.2, 0) is 9.47 Å². The largest absolute Gasteiger partial charge is 0.377 e. The van der Waals surface area contributed by atoms with Crippen LogP contribution >= 0.6 is 24.0 Å². The summed E-state index contributed by atoms with van der Waals surface area (Å²) in [5.74, 6) is 1.55. The van der Waals surface area contributed by atoms with Crippen LogP contribution in [0.3, 0.4) is 0 Å². The van der Waals surface area contributed by atoms with Crippen molar-refractivity contribution in [1.29, 1.82) is 0 Å². The second-order valence-electron chi connectivity index (χ2n) is 6.96. The van der Waals surface area contributed by atoms with Crippen molar-refractivity contribution in [2.45, 2.75) is 32.8 Å². The molecule has 0 bridgehead atoms. The quantitative estimate of drug-likeness (QED) is 0.260. The second-order valence-corrected chi connectivity index (χ2v) is 6.96. The van der Waals surface area contributed by atoms with Crippen LogP contribution in [0.25, 0.3) is 0 Å². The third-order valence-corrected chi connectivity index (χ3v) is 4.36. The first-order chi connectivity index (χ1) is 11.7. The van der Waals surface area contributed by atoms with Crippen LogP contribution in [0.15, 0.2) is 16.6 Å². The fourth-order valence-corrected chi connectivity index (χ4v) is 3.15. The number of halogens is 1. The molecule has 25 heavy (non-hydrogen) atoms. The van der Waals surface area contributed by atoms with Crippen molar-refractivity contribution < 1.29 is 9.47 Å². The Morgan fingerprint density at radius 3 is 2.88 bits per heavy atom. The number of guanidine groups is 1. The number of aliphatic imine (C=N–C) groups is 1. The van der Waals surface area contributed by atoms with Gasteiger partial charge >= 0.3 is 0 Å². The number of hydrogen-bond donors (Lipinski definition) is 2. The highest BCUT2D eigenvalue weighted by atomic mass is 127. The molecule has 0 spiro atoms. The minimum atomic E-state index is 0. The van der Waals surface area contributed by atoms with Gasteiger partial charge in [-0.15, -0.1) is 24.0 Å². The topological polar surface area (TPSA) is 58.1 Å². The standard InChI is InChI=1S/C18H34N4O2.HI/c1-15(2)13-22-8-11-24-17(14-22)12-21-18(19-3)20-7-4-16-5-9-23-10-6-16;/h5,15,17H,4,6-14H2,1-3H3,(H2,19,20,21);1H. The molecule has 0 aliphatic carbocycles. The van der Waals surface area contributed by atoms with E-state index in [4.69, 9.17) is 9.47 Å². The van der Waals surface area contributed by atoms with Gasteiger partial charge in [-0.2, -0.15) is 0 Å². The van der Waals surface area contributed by atoms with Crippen LogP contribution in [0.5, 0.6) is 0 Å². The fraction of sp³-hybridized carbons (Fsp3) is 0.833. The van der Waals surface area contributed by atoms with Gasteiger partial charge < -0.3 is 20.1 Å². The molecule has 2 N–H and O–H groups in total. The molecular weight excluding hydrogens is 431 g/mol. The molecule has 1 unspecified atom stereocenters. The minimum Gasteiger partial charge on any atom is -0.377 e. The van der Waals surface area contributed by atoms with E-state index in [0.29, 0.717) is 5.92 Å². The molecule has 1 saturated heterocycles. The molecule has 146 valence electrons. The maximum absolute atomic E-state index is 5.87. The van der Waals surface area contributed by atoms with Crippen LogP contribution in [-0.4, -0.2) is 76.6 Å². The summed E-state index contributed by atoms with van der Waals surface area (Å²) in [5.41, 5.74) is 1.48. The third kappa shape index (κ3) is 9.21. The summed E-state index contributed by atoms with van der Waals surface area (Å²) in [6, 6.07) is 0. The van der Waals surface area contributed by atoms with Crippen LogP contribution in [0.2, 0.25) is 0 Å². The Labute approximate surface area is 169 Å². The summed E-state index contributed by atoms with van der Waals surface area (Å²) in [6.07, 6.45) is 4.52. The van der Waals surface area contributed by atoms with Gasteiger partial charge in [-0.3, -0.25) is 9.89 Å². The molecule has 1 atom stereocenters. The first-order valence-electron chi connectivity index (χ1n) is 9.21. The van der Waals surface area contributed by atoms with E-state index in [1.165, 1.54) is 5.57 Å². The van der Waals surface area contributed by atoms with Gasteiger partial charge in [0, 0.05) is 39.8 Å².